The van der Waals surface area contributed by atoms with Crippen LogP contribution in [0.5, 0.6) is 5.75 Å². The predicted molar refractivity (Wildman–Crippen MR) is 96.6 cm³/mol. The number of benzene rings is 2. The zero-order valence-corrected chi connectivity index (χ0v) is 14.2. The highest BCUT2D eigenvalue weighted by atomic mass is 16.6. The molecule has 24 heavy (non-hydrogen) atoms. The fourth-order valence-electron chi connectivity index (χ4n) is 3.32. The van der Waals surface area contributed by atoms with Gasteiger partial charge in [0, 0.05) is 5.56 Å². The van der Waals surface area contributed by atoms with E-state index in [4.69, 9.17) is 9.57 Å². The predicted octanol–water partition coefficient (Wildman–Crippen LogP) is 5.17. The van der Waals surface area contributed by atoms with E-state index in [-0.39, 0.29) is 0 Å². The van der Waals surface area contributed by atoms with Gasteiger partial charge in [0.1, 0.15) is 18.6 Å². The molecule has 0 saturated heterocycles. The first kappa shape index (κ1) is 16.6. The Morgan fingerprint density at radius 2 is 1.88 bits per heavy atom. The largest absolute Gasteiger partial charge is 0.497 e. The van der Waals surface area contributed by atoms with Crippen molar-refractivity contribution in [2.45, 2.75) is 44.6 Å². The zero-order valence-electron chi connectivity index (χ0n) is 14.2. The van der Waals surface area contributed by atoms with E-state index in [9.17, 15) is 0 Å². The molecule has 0 heterocycles. The third kappa shape index (κ3) is 4.38. The molecule has 1 radical (unpaired) electrons. The highest BCUT2D eigenvalue weighted by Crippen LogP contribution is 2.33. The molecule has 3 heteroatoms. The first-order chi connectivity index (χ1) is 11.9. The van der Waals surface area contributed by atoms with Gasteiger partial charge in [-0.1, -0.05) is 60.8 Å². The number of nitrogens with zero attached hydrogens (tertiary/aromatic N) is 1. The van der Waals surface area contributed by atoms with Gasteiger partial charge in [-0.2, -0.15) is 0 Å². The maximum Gasteiger partial charge on any atom is 0.142 e. The lowest BCUT2D eigenvalue weighted by Gasteiger charge is -2.23. The van der Waals surface area contributed by atoms with E-state index in [1.807, 2.05) is 30.3 Å². The molecule has 0 spiro atoms. The van der Waals surface area contributed by atoms with E-state index in [1.54, 1.807) is 7.11 Å². The lowest BCUT2D eigenvalue weighted by molar-refractivity contribution is 0.132. The van der Waals surface area contributed by atoms with Gasteiger partial charge in [0.05, 0.1) is 7.11 Å². The lowest BCUT2D eigenvalue weighted by Crippen LogP contribution is -2.07. The number of rotatable bonds is 6. The van der Waals surface area contributed by atoms with Crippen LogP contribution in [-0.2, 0) is 11.4 Å². The van der Waals surface area contributed by atoms with E-state index >= 15 is 0 Å². The first-order valence-electron chi connectivity index (χ1n) is 8.66. The summed E-state index contributed by atoms with van der Waals surface area (Å²) in [6, 6.07) is 16.2. The molecule has 0 amide bonds. The zero-order chi connectivity index (χ0) is 16.6. The van der Waals surface area contributed by atoms with E-state index in [1.165, 1.54) is 37.7 Å². The fraction of sp³-hybridized carbons (Fsp3) is 0.381. The summed E-state index contributed by atoms with van der Waals surface area (Å²) in [7, 11) is 1.66. The molecule has 125 valence electrons. The van der Waals surface area contributed by atoms with Crippen LogP contribution in [0, 0.1) is 0 Å². The van der Waals surface area contributed by atoms with Crippen molar-refractivity contribution in [3.8, 4) is 5.75 Å². The third-order valence-corrected chi connectivity index (χ3v) is 4.60. The average Bonchev–Trinajstić information content (AvgIpc) is 2.66. The summed E-state index contributed by atoms with van der Waals surface area (Å²) in [4.78, 5) is 5.42. The second-order valence-corrected chi connectivity index (χ2v) is 6.25. The van der Waals surface area contributed by atoms with Crippen LogP contribution in [-0.4, -0.2) is 13.3 Å². The number of hydrogen-bond donors (Lipinski definition) is 0. The normalized spacial score (nSPS) is 15.5. The average molecular weight is 322 g/mol. The SMILES string of the molecule is COc1cccc(CO/N=[C]\c2ccccc2C2CCCCC2)c1. The second kappa shape index (κ2) is 8.53. The van der Waals surface area contributed by atoms with Crippen LogP contribution in [0.25, 0.3) is 0 Å². The molecule has 1 fully saturated rings. The molecule has 0 unspecified atom stereocenters. The lowest BCUT2D eigenvalue weighted by atomic mass is 9.82. The van der Waals surface area contributed by atoms with Crippen molar-refractivity contribution in [2.75, 3.05) is 7.11 Å². The van der Waals surface area contributed by atoms with Gasteiger partial charge in [-0.05, 0) is 42.0 Å². The van der Waals surface area contributed by atoms with E-state index < -0.39 is 0 Å². The summed E-state index contributed by atoms with van der Waals surface area (Å²) in [6.07, 6.45) is 9.62. The van der Waals surface area contributed by atoms with Gasteiger partial charge in [-0.15, -0.1) is 0 Å². The van der Waals surface area contributed by atoms with Crippen LogP contribution in [0.15, 0.2) is 53.7 Å². The molecule has 1 saturated carbocycles. The van der Waals surface area contributed by atoms with Gasteiger partial charge in [-0.25, -0.2) is 0 Å². The van der Waals surface area contributed by atoms with E-state index in [0.717, 1.165) is 16.9 Å². The number of methoxy groups -OCH3 is 1. The van der Waals surface area contributed by atoms with Gasteiger partial charge in [0.15, 0.2) is 0 Å². The summed E-state index contributed by atoms with van der Waals surface area (Å²) >= 11 is 0. The summed E-state index contributed by atoms with van der Waals surface area (Å²) in [6.45, 7) is 0.412. The van der Waals surface area contributed by atoms with Crippen molar-refractivity contribution in [3.05, 3.63) is 65.2 Å². The van der Waals surface area contributed by atoms with Crippen LogP contribution in [0.4, 0.5) is 0 Å². The molecule has 0 aromatic heterocycles. The van der Waals surface area contributed by atoms with Gasteiger partial charge in [0.2, 0.25) is 0 Å². The molecule has 3 rings (SSSR count). The van der Waals surface area contributed by atoms with Crippen molar-refractivity contribution in [1.82, 2.24) is 0 Å². The molecule has 1 aliphatic carbocycles. The van der Waals surface area contributed by atoms with Gasteiger partial charge in [0.25, 0.3) is 0 Å². The standard InChI is InChI=1S/C21H24NO2/c1-23-20-12-7-8-17(14-20)16-24-22-15-19-11-5-6-13-21(19)18-9-3-2-4-10-18/h5-8,11-14,18H,2-4,9-10,16H2,1H3. The van der Waals surface area contributed by atoms with Gasteiger partial charge < -0.3 is 9.57 Å². The summed E-state index contributed by atoms with van der Waals surface area (Å²) in [5.74, 6) is 1.46. The Balaban J connectivity index is 1.62. The van der Waals surface area contributed by atoms with E-state index in [0.29, 0.717) is 12.5 Å². The Morgan fingerprint density at radius 1 is 1.04 bits per heavy atom. The maximum absolute atomic E-state index is 5.42. The molecule has 0 N–H and O–H groups in total. The quantitative estimate of drug-likeness (QED) is 0.542. The minimum atomic E-state index is 0.412. The Morgan fingerprint density at radius 3 is 2.71 bits per heavy atom. The van der Waals surface area contributed by atoms with Crippen LogP contribution in [0.3, 0.4) is 0 Å². The van der Waals surface area contributed by atoms with Crippen molar-refractivity contribution in [2.24, 2.45) is 5.16 Å². The monoisotopic (exact) mass is 322 g/mol. The van der Waals surface area contributed by atoms with Crippen molar-refractivity contribution < 1.29 is 9.57 Å². The highest BCUT2D eigenvalue weighted by Gasteiger charge is 2.17. The van der Waals surface area contributed by atoms with Gasteiger partial charge >= 0.3 is 0 Å². The summed E-state index contributed by atoms with van der Waals surface area (Å²) in [5.41, 5.74) is 3.43. The minimum Gasteiger partial charge on any atom is -0.497 e. The molecule has 3 nitrogen and oxygen atoms in total. The van der Waals surface area contributed by atoms with Crippen LogP contribution in [0.1, 0.15) is 54.7 Å². The molecule has 0 atom stereocenters. The Bertz CT molecular complexity index is 675. The highest BCUT2D eigenvalue weighted by molar-refractivity contribution is 5.81. The number of hydrogen-bond acceptors (Lipinski definition) is 3. The summed E-state index contributed by atoms with van der Waals surface area (Å²) in [5, 5.41) is 4.06. The molecular formula is C21H24NO2. The third-order valence-electron chi connectivity index (χ3n) is 4.60. The van der Waals surface area contributed by atoms with Crippen molar-refractivity contribution >= 4 is 6.21 Å². The van der Waals surface area contributed by atoms with Gasteiger partial charge in [-0.3, -0.25) is 0 Å². The first-order valence-corrected chi connectivity index (χ1v) is 8.66. The second-order valence-electron chi connectivity index (χ2n) is 6.25. The Kier molecular flexibility index (Phi) is 5.89. The Labute approximate surface area is 144 Å². The molecule has 1 aliphatic rings. The fourth-order valence-corrected chi connectivity index (χ4v) is 3.32. The molecule has 2 aromatic rings. The smallest absolute Gasteiger partial charge is 0.142 e. The van der Waals surface area contributed by atoms with Crippen LogP contribution in [0.2, 0.25) is 0 Å². The molecule has 0 aliphatic heterocycles. The summed E-state index contributed by atoms with van der Waals surface area (Å²) < 4.78 is 5.21. The van der Waals surface area contributed by atoms with Crippen molar-refractivity contribution in [1.29, 1.82) is 0 Å². The molecular weight excluding hydrogens is 298 g/mol. The maximum atomic E-state index is 5.42. The minimum absolute atomic E-state index is 0.412. The molecule has 2 aromatic carbocycles. The van der Waals surface area contributed by atoms with Crippen LogP contribution < -0.4 is 4.74 Å². The number of ether oxygens (including phenoxy) is 1. The topological polar surface area (TPSA) is 30.8 Å². The van der Waals surface area contributed by atoms with E-state index in [2.05, 4.69) is 29.6 Å². The Hall–Kier alpha value is -2.29. The van der Waals surface area contributed by atoms with Crippen LogP contribution >= 0.6 is 0 Å². The van der Waals surface area contributed by atoms with Crippen molar-refractivity contribution in [3.63, 3.8) is 0 Å². The molecule has 0 bridgehead atoms.